The Kier molecular flexibility index (Phi) is 5.48. The molecule has 1 saturated carbocycles. The van der Waals surface area contributed by atoms with Crippen LogP contribution in [0.5, 0.6) is 0 Å². The topological polar surface area (TPSA) is 69.6 Å². The minimum Gasteiger partial charge on any atom is -0.481 e. The van der Waals surface area contributed by atoms with E-state index in [1.54, 1.807) is 11.8 Å². The number of hydrogen-bond acceptors (Lipinski definition) is 2. The lowest BCUT2D eigenvalue weighted by atomic mass is 9.80. The van der Waals surface area contributed by atoms with Gasteiger partial charge < -0.3 is 15.3 Å². The van der Waals surface area contributed by atoms with Crippen LogP contribution < -0.4 is 5.32 Å². The van der Waals surface area contributed by atoms with Gasteiger partial charge in [-0.1, -0.05) is 32.1 Å². The molecule has 5 heteroatoms. The number of carboxylic acids is 1. The molecule has 0 aromatic rings. The highest BCUT2D eigenvalue weighted by Gasteiger charge is 2.37. The second-order valence-electron chi connectivity index (χ2n) is 6.88. The lowest BCUT2D eigenvalue weighted by Gasteiger charge is -2.36. The number of urea groups is 1. The maximum absolute atomic E-state index is 12.1. The van der Waals surface area contributed by atoms with E-state index in [4.69, 9.17) is 0 Å². The summed E-state index contributed by atoms with van der Waals surface area (Å²) >= 11 is 0. The normalized spacial score (nSPS) is 22.8. The maximum Gasteiger partial charge on any atom is 0.317 e. The van der Waals surface area contributed by atoms with Gasteiger partial charge in [-0.15, -0.1) is 0 Å². The summed E-state index contributed by atoms with van der Waals surface area (Å²) < 4.78 is 0. The molecule has 0 radical (unpaired) electrons. The molecule has 2 rings (SSSR count). The summed E-state index contributed by atoms with van der Waals surface area (Å²) in [6, 6.07) is -0.0294. The zero-order valence-electron chi connectivity index (χ0n) is 13.1. The van der Waals surface area contributed by atoms with Crippen molar-refractivity contribution in [2.45, 2.75) is 58.3 Å². The molecule has 1 aliphatic carbocycles. The van der Waals surface area contributed by atoms with Gasteiger partial charge in [0.1, 0.15) is 0 Å². The van der Waals surface area contributed by atoms with Gasteiger partial charge >= 0.3 is 12.0 Å². The molecular weight excluding hydrogens is 268 g/mol. The van der Waals surface area contributed by atoms with Gasteiger partial charge in [-0.3, -0.25) is 4.79 Å². The number of amides is 2. The van der Waals surface area contributed by atoms with Crippen LogP contribution in [0.2, 0.25) is 0 Å². The number of aliphatic carboxylic acids is 1. The van der Waals surface area contributed by atoms with Gasteiger partial charge in [0.25, 0.3) is 0 Å². The first kappa shape index (κ1) is 16.1. The summed E-state index contributed by atoms with van der Waals surface area (Å²) in [5, 5.41) is 12.2. The molecule has 0 atom stereocenters. The monoisotopic (exact) mass is 296 g/mol. The maximum atomic E-state index is 12.1. The molecule has 120 valence electrons. The number of nitrogens with zero attached hydrogens (tertiary/aromatic N) is 1. The molecule has 0 spiro atoms. The highest BCUT2D eigenvalue weighted by molar-refractivity contribution is 5.76. The second-order valence-corrected chi connectivity index (χ2v) is 6.88. The SMILES string of the molecule is CC1(C(=O)O)CCN(C(=O)NCCC2CCCCC2)CC1. The largest absolute Gasteiger partial charge is 0.481 e. The summed E-state index contributed by atoms with van der Waals surface area (Å²) in [6.07, 6.45) is 8.78. The van der Waals surface area contributed by atoms with Crippen molar-refractivity contribution in [2.75, 3.05) is 19.6 Å². The molecule has 0 aromatic heterocycles. The quantitative estimate of drug-likeness (QED) is 0.838. The van der Waals surface area contributed by atoms with E-state index >= 15 is 0 Å². The van der Waals surface area contributed by atoms with E-state index in [0.29, 0.717) is 25.9 Å². The highest BCUT2D eigenvalue weighted by atomic mass is 16.4. The standard InChI is InChI=1S/C16H28N2O3/c1-16(14(19)20)8-11-18(12-9-16)15(21)17-10-7-13-5-3-2-4-6-13/h13H,2-12H2,1H3,(H,17,21)(H,19,20). The molecule has 5 nitrogen and oxygen atoms in total. The van der Waals surface area contributed by atoms with Crippen LogP contribution in [0.15, 0.2) is 0 Å². The van der Waals surface area contributed by atoms with E-state index in [-0.39, 0.29) is 6.03 Å². The second kappa shape index (κ2) is 7.14. The Bertz CT molecular complexity index is 370. The van der Waals surface area contributed by atoms with E-state index < -0.39 is 11.4 Å². The van der Waals surface area contributed by atoms with Crippen molar-refractivity contribution in [3.05, 3.63) is 0 Å². The Morgan fingerprint density at radius 2 is 1.81 bits per heavy atom. The van der Waals surface area contributed by atoms with Gasteiger partial charge in [-0.25, -0.2) is 4.79 Å². The number of carboxylic acid groups (broad SMARTS) is 1. The molecule has 1 aliphatic heterocycles. The molecule has 1 heterocycles. The minimum atomic E-state index is -0.750. The van der Waals surface area contributed by atoms with Crippen molar-refractivity contribution in [1.82, 2.24) is 10.2 Å². The number of likely N-dealkylation sites (tertiary alicyclic amines) is 1. The molecule has 1 saturated heterocycles. The van der Waals surface area contributed by atoms with Gasteiger partial charge in [0.2, 0.25) is 0 Å². The smallest absolute Gasteiger partial charge is 0.317 e. The van der Waals surface area contributed by atoms with Crippen LogP contribution in [0.4, 0.5) is 4.79 Å². The lowest BCUT2D eigenvalue weighted by Crippen LogP contribution is -2.48. The Labute approximate surface area is 127 Å². The number of carbonyl (C=O) groups is 2. The summed E-state index contributed by atoms with van der Waals surface area (Å²) in [4.78, 5) is 25.0. The summed E-state index contributed by atoms with van der Waals surface area (Å²) in [6.45, 7) is 3.60. The third-order valence-corrected chi connectivity index (χ3v) is 5.22. The zero-order chi connectivity index (χ0) is 15.3. The van der Waals surface area contributed by atoms with Crippen LogP contribution in [0.3, 0.4) is 0 Å². The Hall–Kier alpha value is -1.26. The fraction of sp³-hybridized carbons (Fsp3) is 0.875. The van der Waals surface area contributed by atoms with Crippen LogP contribution >= 0.6 is 0 Å². The number of hydrogen-bond donors (Lipinski definition) is 2. The van der Waals surface area contributed by atoms with Crippen LogP contribution in [-0.2, 0) is 4.79 Å². The van der Waals surface area contributed by atoms with E-state index in [1.807, 2.05) is 0 Å². The van der Waals surface area contributed by atoms with E-state index in [1.165, 1.54) is 32.1 Å². The van der Waals surface area contributed by atoms with E-state index in [0.717, 1.165) is 18.9 Å². The number of nitrogens with one attached hydrogen (secondary N) is 1. The van der Waals surface area contributed by atoms with Crippen molar-refractivity contribution in [2.24, 2.45) is 11.3 Å². The average molecular weight is 296 g/mol. The van der Waals surface area contributed by atoms with Crippen molar-refractivity contribution >= 4 is 12.0 Å². The molecule has 21 heavy (non-hydrogen) atoms. The minimum absolute atomic E-state index is 0.0294. The Morgan fingerprint density at radius 1 is 1.19 bits per heavy atom. The van der Waals surface area contributed by atoms with E-state index in [2.05, 4.69) is 5.32 Å². The zero-order valence-corrected chi connectivity index (χ0v) is 13.1. The molecule has 0 aromatic carbocycles. The molecular formula is C16H28N2O3. The van der Waals surface area contributed by atoms with Crippen LogP contribution in [-0.4, -0.2) is 41.6 Å². The Balaban J connectivity index is 1.66. The van der Waals surface area contributed by atoms with Crippen molar-refractivity contribution in [3.63, 3.8) is 0 Å². The van der Waals surface area contributed by atoms with Gasteiger partial charge in [-0.05, 0) is 32.1 Å². The third kappa shape index (κ3) is 4.35. The van der Waals surface area contributed by atoms with Gasteiger partial charge in [0.15, 0.2) is 0 Å². The first-order valence-electron chi connectivity index (χ1n) is 8.27. The predicted octanol–water partition coefficient (Wildman–Crippen LogP) is 2.85. The molecule has 2 N–H and O–H groups in total. The van der Waals surface area contributed by atoms with Crippen molar-refractivity contribution in [1.29, 1.82) is 0 Å². The third-order valence-electron chi connectivity index (χ3n) is 5.22. The highest BCUT2D eigenvalue weighted by Crippen LogP contribution is 2.31. The summed E-state index contributed by atoms with van der Waals surface area (Å²) in [7, 11) is 0. The lowest BCUT2D eigenvalue weighted by molar-refractivity contribution is -0.150. The number of rotatable bonds is 4. The molecule has 0 bridgehead atoms. The number of carbonyl (C=O) groups excluding carboxylic acids is 1. The van der Waals surface area contributed by atoms with E-state index in [9.17, 15) is 14.7 Å². The van der Waals surface area contributed by atoms with Gasteiger partial charge in [-0.2, -0.15) is 0 Å². The summed E-state index contributed by atoms with van der Waals surface area (Å²) in [5.41, 5.74) is -0.668. The first-order chi connectivity index (χ1) is 10.0. The fourth-order valence-corrected chi connectivity index (χ4v) is 3.39. The molecule has 2 amide bonds. The van der Waals surface area contributed by atoms with Crippen molar-refractivity contribution < 1.29 is 14.7 Å². The Morgan fingerprint density at radius 3 is 2.38 bits per heavy atom. The van der Waals surface area contributed by atoms with Crippen LogP contribution in [0.25, 0.3) is 0 Å². The van der Waals surface area contributed by atoms with Crippen molar-refractivity contribution in [3.8, 4) is 0 Å². The molecule has 0 unspecified atom stereocenters. The molecule has 2 fully saturated rings. The van der Waals surface area contributed by atoms with Crippen LogP contribution in [0.1, 0.15) is 58.3 Å². The average Bonchev–Trinajstić information content (AvgIpc) is 2.49. The predicted molar refractivity (Wildman–Crippen MR) is 81.1 cm³/mol. The van der Waals surface area contributed by atoms with Gasteiger partial charge in [0, 0.05) is 19.6 Å². The summed E-state index contributed by atoms with van der Waals surface area (Å²) in [5.74, 6) is 0.0237. The van der Waals surface area contributed by atoms with Crippen LogP contribution in [0, 0.1) is 11.3 Å². The number of piperidine rings is 1. The first-order valence-corrected chi connectivity index (χ1v) is 8.27. The fourth-order valence-electron chi connectivity index (χ4n) is 3.39. The van der Waals surface area contributed by atoms with Gasteiger partial charge in [0.05, 0.1) is 5.41 Å². The molecule has 2 aliphatic rings.